The predicted molar refractivity (Wildman–Crippen MR) is 63.6 cm³/mol. The van der Waals surface area contributed by atoms with E-state index in [1.807, 2.05) is 18.2 Å². The molecule has 0 aliphatic carbocycles. The molecule has 1 aromatic rings. The number of benzene rings is 1. The molecule has 1 fully saturated rings. The van der Waals surface area contributed by atoms with E-state index < -0.39 is 0 Å². The molecule has 0 radical (unpaired) electrons. The van der Waals surface area contributed by atoms with Gasteiger partial charge in [0.1, 0.15) is 5.66 Å². The molecule has 0 atom stereocenters. The van der Waals surface area contributed by atoms with Crippen LogP contribution in [0.3, 0.4) is 0 Å². The largest absolute Gasteiger partial charge is 0.295 e. The second-order valence-corrected chi connectivity index (χ2v) is 3.86. The maximum Gasteiger partial charge on any atom is 0.195 e. The number of nitrogens with one attached hydrogen (secondary N) is 4. The number of hydrogen-bond donors (Lipinski definition) is 4. The van der Waals surface area contributed by atoms with Crippen molar-refractivity contribution in [3.63, 3.8) is 0 Å². The summed E-state index contributed by atoms with van der Waals surface area (Å²) in [5.41, 5.74) is 13.1. The Balaban J connectivity index is 2.26. The minimum atomic E-state index is -0.316. The van der Waals surface area contributed by atoms with Gasteiger partial charge in [0.2, 0.25) is 0 Å². The van der Waals surface area contributed by atoms with E-state index in [9.17, 15) is 0 Å². The van der Waals surface area contributed by atoms with Crippen molar-refractivity contribution in [3.05, 3.63) is 35.9 Å². The first-order valence-electron chi connectivity index (χ1n) is 4.93. The summed E-state index contributed by atoms with van der Waals surface area (Å²) in [6, 6.07) is 10.2. The average Bonchev–Trinajstić information content (AvgIpc) is 2.32. The highest BCUT2D eigenvalue weighted by Gasteiger charge is 2.32. The van der Waals surface area contributed by atoms with Gasteiger partial charge in [0.25, 0.3) is 0 Å². The number of hydrogen-bond acceptors (Lipinski definition) is 3. The molecule has 4 nitrogen and oxygen atoms in total. The minimum absolute atomic E-state index is 0.316. The van der Waals surface area contributed by atoms with Gasteiger partial charge in [-0.1, -0.05) is 37.3 Å². The fourth-order valence-electron chi connectivity index (χ4n) is 1.64. The Kier molecular flexibility index (Phi) is 2.86. The van der Waals surface area contributed by atoms with Crippen LogP contribution >= 0.6 is 12.2 Å². The molecule has 1 aromatic carbocycles. The molecule has 15 heavy (non-hydrogen) atoms. The van der Waals surface area contributed by atoms with Crippen LogP contribution in [-0.4, -0.2) is 5.11 Å². The summed E-state index contributed by atoms with van der Waals surface area (Å²) >= 11 is 4.96. The third kappa shape index (κ3) is 1.94. The summed E-state index contributed by atoms with van der Waals surface area (Å²) in [6.45, 7) is 2.10. The van der Waals surface area contributed by atoms with Crippen molar-refractivity contribution in [2.45, 2.75) is 19.0 Å². The van der Waals surface area contributed by atoms with Gasteiger partial charge in [-0.2, -0.15) is 0 Å². The zero-order chi connectivity index (χ0) is 10.7. The molecular formula is C10H14N4S. The van der Waals surface area contributed by atoms with Gasteiger partial charge >= 0.3 is 0 Å². The van der Waals surface area contributed by atoms with Gasteiger partial charge < -0.3 is 0 Å². The molecule has 0 aromatic heterocycles. The van der Waals surface area contributed by atoms with Crippen molar-refractivity contribution in [1.29, 1.82) is 0 Å². The van der Waals surface area contributed by atoms with Crippen LogP contribution in [0.15, 0.2) is 30.3 Å². The third-order valence-corrected chi connectivity index (χ3v) is 2.78. The molecule has 4 N–H and O–H groups in total. The van der Waals surface area contributed by atoms with Crippen LogP contribution in [0.1, 0.15) is 18.9 Å². The summed E-state index contributed by atoms with van der Waals surface area (Å²) in [5.74, 6) is 0. The van der Waals surface area contributed by atoms with E-state index in [0.717, 1.165) is 12.0 Å². The van der Waals surface area contributed by atoms with E-state index in [2.05, 4.69) is 40.8 Å². The summed E-state index contributed by atoms with van der Waals surface area (Å²) in [4.78, 5) is 0. The number of hydrazine groups is 2. The Labute approximate surface area is 94.4 Å². The normalized spacial score (nSPS) is 19.1. The lowest BCUT2D eigenvalue weighted by Gasteiger charge is -2.40. The summed E-state index contributed by atoms with van der Waals surface area (Å²) in [6.07, 6.45) is 0.889. The predicted octanol–water partition coefficient (Wildman–Crippen LogP) is 0.736. The summed E-state index contributed by atoms with van der Waals surface area (Å²) in [7, 11) is 0. The van der Waals surface area contributed by atoms with Crippen molar-refractivity contribution in [2.24, 2.45) is 0 Å². The Morgan fingerprint density at radius 1 is 1.13 bits per heavy atom. The van der Waals surface area contributed by atoms with Crippen molar-refractivity contribution in [1.82, 2.24) is 21.7 Å². The quantitative estimate of drug-likeness (QED) is 0.556. The maximum atomic E-state index is 4.96. The van der Waals surface area contributed by atoms with E-state index in [1.54, 1.807) is 0 Å². The number of thiocarbonyl (C=S) groups is 1. The molecule has 0 spiro atoms. The van der Waals surface area contributed by atoms with Gasteiger partial charge in [0.15, 0.2) is 5.11 Å². The topological polar surface area (TPSA) is 48.1 Å². The van der Waals surface area contributed by atoms with Crippen LogP contribution in [-0.2, 0) is 5.66 Å². The molecule has 0 bridgehead atoms. The molecule has 0 saturated carbocycles. The molecule has 1 heterocycles. The van der Waals surface area contributed by atoms with E-state index >= 15 is 0 Å². The van der Waals surface area contributed by atoms with Crippen LogP contribution in [0, 0.1) is 0 Å². The van der Waals surface area contributed by atoms with E-state index in [1.165, 1.54) is 0 Å². The summed E-state index contributed by atoms with van der Waals surface area (Å²) in [5, 5.41) is 0.551. The zero-order valence-electron chi connectivity index (χ0n) is 8.50. The summed E-state index contributed by atoms with van der Waals surface area (Å²) < 4.78 is 0. The molecule has 2 rings (SSSR count). The highest BCUT2D eigenvalue weighted by atomic mass is 32.1. The van der Waals surface area contributed by atoms with E-state index in [0.29, 0.717) is 5.11 Å². The fourth-order valence-corrected chi connectivity index (χ4v) is 1.74. The van der Waals surface area contributed by atoms with E-state index in [-0.39, 0.29) is 5.66 Å². The third-order valence-electron chi connectivity index (χ3n) is 2.58. The molecule has 1 saturated heterocycles. The minimum Gasteiger partial charge on any atom is -0.295 e. The van der Waals surface area contributed by atoms with Gasteiger partial charge in [-0.3, -0.25) is 10.9 Å². The Hall–Kier alpha value is -1.17. The van der Waals surface area contributed by atoms with Crippen molar-refractivity contribution in [2.75, 3.05) is 0 Å². The van der Waals surface area contributed by atoms with Crippen LogP contribution in [0.2, 0.25) is 0 Å². The van der Waals surface area contributed by atoms with Gasteiger partial charge in [0, 0.05) is 0 Å². The van der Waals surface area contributed by atoms with Crippen LogP contribution in [0.4, 0.5) is 0 Å². The lowest BCUT2D eigenvalue weighted by molar-refractivity contribution is 0.196. The molecule has 0 amide bonds. The van der Waals surface area contributed by atoms with Gasteiger partial charge in [-0.05, 0) is 24.2 Å². The lowest BCUT2D eigenvalue weighted by Crippen LogP contribution is -2.71. The highest BCUT2D eigenvalue weighted by molar-refractivity contribution is 7.80. The molecule has 80 valence electrons. The van der Waals surface area contributed by atoms with Crippen LogP contribution in [0.25, 0.3) is 0 Å². The van der Waals surface area contributed by atoms with Gasteiger partial charge in [-0.25, -0.2) is 10.9 Å². The SMILES string of the molecule is CCC1(c2ccccc2)NNC(=S)NN1. The first-order valence-corrected chi connectivity index (χ1v) is 5.33. The smallest absolute Gasteiger partial charge is 0.195 e. The average molecular weight is 222 g/mol. The van der Waals surface area contributed by atoms with Crippen molar-refractivity contribution >= 4 is 17.3 Å². The molecular weight excluding hydrogens is 208 g/mol. The second-order valence-electron chi connectivity index (χ2n) is 3.45. The second kappa shape index (κ2) is 4.14. The monoisotopic (exact) mass is 222 g/mol. The Morgan fingerprint density at radius 3 is 2.27 bits per heavy atom. The van der Waals surface area contributed by atoms with Crippen LogP contribution in [0.5, 0.6) is 0 Å². The standard InChI is InChI=1S/C10H14N4S/c1-2-10(8-6-4-3-5-7-8)13-11-9(15)12-14-10/h3-7,13-14H,2H2,1H3,(H2,11,12,15). The maximum absolute atomic E-state index is 4.96. The first kappa shape index (κ1) is 10.4. The lowest BCUT2D eigenvalue weighted by atomic mass is 9.98. The molecule has 0 unspecified atom stereocenters. The van der Waals surface area contributed by atoms with Crippen LogP contribution < -0.4 is 21.7 Å². The first-order chi connectivity index (χ1) is 7.27. The molecule has 1 aliphatic heterocycles. The Morgan fingerprint density at radius 2 is 1.73 bits per heavy atom. The fraction of sp³-hybridized carbons (Fsp3) is 0.300. The zero-order valence-corrected chi connectivity index (χ0v) is 9.32. The van der Waals surface area contributed by atoms with Crippen molar-refractivity contribution in [3.8, 4) is 0 Å². The number of rotatable bonds is 2. The Bertz CT molecular complexity index is 342. The molecule has 5 heteroatoms. The molecule has 1 aliphatic rings. The van der Waals surface area contributed by atoms with Gasteiger partial charge in [-0.15, -0.1) is 0 Å². The highest BCUT2D eigenvalue weighted by Crippen LogP contribution is 2.21. The van der Waals surface area contributed by atoms with Gasteiger partial charge in [0.05, 0.1) is 0 Å². The van der Waals surface area contributed by atoms with E-state index in [4.69, 9.17) is 12.2 Å². The van der Waals surface area contributed by atoms with Crippen molar-refractivity contribution < 1.29 is 0 Å².